The van der Waals surface area contributed by atoms with Gasteiger partial charge in [-0.2, -0.15) is 0 Å². The van der Waals surface area contributed by atoms with E-state index in [4.69, 9.17) is 0 Å². The van der Waals surface area contributed by atoms with Crippen molar-refractivity contribution >= 4 is 33.4 Å². The summed E-state index contributed by atoms with van der Waals surface area (Å²) in [4.78, 5) is 25.2. The summed E-state index contributed by atoms with van der Waals surface area (Å²) < 4.78 is 0.942. The SMILES string of the molecule is Cc1ccccc1C(=O)NC(CC(C)C)C(=O)Nc1ccc(Br)cc1. The Morgan fingerprint density at radius 3 is 2.28 bits per heavy atom. The van der Waals surface area contributed by atoms with E-state index < -0.39 is 6.04 Å². The average Bonchev–Trinajstić information content (AvgIpc) is 2.56. The highest BCUT2D eigenvalue weighted by molar-refractivity contribution is 9.10. The van der Waals surface area contributed by atoms with E-state index in [0.29, 0.717) is 17.7 Å². The molecule has 0 spiro atoms. The minimum absolute atomic E-state index is 0.210. The molecule has 2 aromatic rings. The first-order valence-corrected chi connectivity index (χ1v) is 9.09. The topological polar surface area (TPSA) is 58.2 Å². The average molecular weight is 403 g/mol. The molecule has 2 rings (SSSR count). The maximum atomic E-state index is 12.6. The zero-order valence-corrected chi connectivity index (χ0v) is 16.3. The molecule has 2 aromatic carbocycles. The number of carbonyl (C=O) groups is 2. The lowest BCUT2D eigenvalue weighted by molar-refractivity contribution is -0.118. The molecule has 0 bridgehead atoms. The molecule has 2 N–H and O–H groups in total. The minimum Gasteiger partial charge on any atom is -0.340 e. The maximum absolute atomic E-state index is 12.6. The van der Waals surface area contributed by atoms with Crippen molar-refractivity contribution in [3.05, 3.63) is 64.1 Å². The first-order valence-electron chi connectivity index (χ1n) is 8.29. The summed E-state index contributed by atoms with van der Waals surface area (Å²) in [5.41, 5.74) is 2.18. The van der Waals surface area contributed by atoms with E-state index in [0.717, 1.165) is 10.0 Å². The van der Waals surface area contributed by atoms with Gasteiger partial charge in [0, 0.05) is 15.7 Å². The third-order valence-corrected chi connectivity index (χ3v) is 4.36. The molecule has 2 amide bonds. The summed E-state index contributed by atoms with van der Waals surface area (Å²) in [6.07, 6.45) is 0.569. The van der Waals surface area contributed by atoms with E-state index in [2.05, 4.69) is 26.6 Å². The Labute approximate surface area is 157 Å². The van der Waals surface area contributed by atoms with E-state index in [1.807, 2.05) is 63.2 Å². The summed E-state index contributed by atoms with van der Waals surface area (Å²) in [7, 11) is 0. The van der Waals surface area contributed by atoms with Crippen LogP contribution in [0, 0.1) is 12.8 Å². The molecule has 0 saturated carbocycles. The lowest BCUT2D eigenvalue weighted by Crippen LogP contribution is -2.44. The van der Waals surface area contributed by atoms with E-state index in [1.165, 1.54) is 0 Å². The molecule has 1 unspecified atom stereocenters. The van der Waals surface area contributed by atoms with Crippen LogP contribution >= 0.6 is 15.9 Å². The van der Waals surface area contributed by atoms with Gasteiger partial charge in [0.05, 0.1) is 0 Å². The molecule has 5 heteroatoms. The summed E-state index contributed by atoms with van der Waals surface area (Å²) in [6, 6.07) is 14.1. The lowest BCUT2D eigenvalue weighted by Gasteiger charge is -2.20. The summed E-state index contributed by atoms with van der Waals surface area (Å²) in [6.45, 7) is 5.94. The van der Waals surface area contributed by atoms with Crippen molar-refractivity contribution < 1.29 is 9.59 Å². The number of hydrogen-bond acceptors (Lipinski definition) is 2. The van der Waals surface area contributed by atoms with Crippen LogP contribution in [-0.4, -0.2) is 17.9 Å². The summed E-state index contributed by atoms with van der Waals surface area (Å²) in [5.74, 6) is -0.162. The number of benzene rings is 2. The van der Waals surface area contributed by atoms with Crippen molar-refractivity contribution in [3.8, 4) is 0 Å². The van der Waals surface area contributed by atoms with Crippen LogP contribution in [0.2, 0.25) is 0 Å². The van der Waals surface area contributed by atoms with Crippen molar-refractivity contribution in [2.45, 2.75) is 33.2 Å². The number of carbonyl (C=O) groups excluding carboxylic acids is 2. The van der Waals surface area contributed by atoms with Crippen molar-refractivity contribution in [1.29, 1.82) is 0 Å². The molecule has 0 aromatic heterocycles. The number of anilines is 1. The van der Waals surface area contributed by atoms with Gasteiger partial charge >= 0.3 is 0 Å². The number of rotatable bonds is 6. The molecule has 0 heterocycles. The standard InChI is InChI=1S/C20H23BrN2O2/c1-13(2)12-18(20(25)22-16-10-8-15(21)9-11-16)23-19(24)17-7-5-4-6-14(17)3/h4-11,13,18H,12H2,1-3H3,(H,22,25)(H,23,24). The van der Waals surface area contributed by atoms with Gasteiger partial charge in [-0.25, -0.2) is 0 Å². The number of amides is 2. The third-order valence-electron chi connectivity index (χ3n) is 3.83. The highest BCUT2D eigenvalue weighted by Crippen LogP contribution is 2.16. The van der Waals surface area contributed by atoms with Gasteiger partial charge < -0.3 is 10.6 Å². The molecular formula is C20H23BrN2O2. The molecule has 1 atom stereocenters. The Morgan fingerprint density at radius 1 is 1.04 bits per heavy atom. The van der Waals surface area contributed by atoms with Crippen molar-refractivity contribution in [3.63, 3.8) is 0 Å². The van der Waals surface area contributed by atoms with Gasteiger partial charge in [-0.05, 0) is 55.2 Å². The van der Waals surface area contributed by atoms with Crippen LogP contribution in [-0.2, 0) is 4.79 Å². The highest BCUT2D eigenvalue weighted by atomic mass is 79.9. The van der Waals surface area contributed by atoms with Crippen LogP contribution in [0.1, 0.15) is 36.2 Å². The van der Waals surface area contributed by atoms with Crippen LogP contribution in [0.3, 0.4) is 0 Å². The van der Waals surface area contributed by atoms with Gasteiger partial charge in [0.25, 0.3) is 5.91 Å². The summed E-state index contributed by atoms with van der Waals surface area (Å²) >= 11 is 3.37. The van der Waals surface area contributed by atoms with E-state index in [1.54, 1.807) is 6.07 Å². The lowest BCUT2D eigenvalue weighted by atomic mass is 10.0. The second-order valence-corrected chi connectivity index (χ2v) is 7.38. The molecular weight excluding hydrogens is 380 g/mol. The zero-order valence-electron chi connectivity index (χ0n) is 14.7. The largest absolute Gasteiger partial charge is 0.340 e. The van der Waals surface area contributed by atoms with Gasteiger partial charge in [0.2, 0.25) is 5.91 Å². The zero-order chi connectivity index (χ0) is 18.4. The Balaban J connectivity index is 2.12. The van der Waals surface area contributed by atoms with Crippen LogP contribution in [0.15, 0.2) is 53.0 Å². The highest BCUT2D eigenvalue weighted by Gasteiger charge is 2.23. The van der Waals surface area contributed by atoms with Gasteiger partial charge in [0.15, 0.2) is 0 Å². The van der Waals surface area contributed by atoms with Gasteiger partial charge in [0.1, 0.15) is 6.04 Å². The molecule has 0 aliphatic carbocycles. The number of hydrogen-bond donors (Lipinski definition) is 2. The normalized spacial score (nSPS) is 11.9. The number of nitrogens with one attached hydrogen (secondary N) is 2. The van der Waals surface area contributed by atoms with E-state index >= 15 is 0 Å². The fourth-order valence-corrected chi connectivity index (χ4v) is 2.79. The molecule has 25 heavy (non-hydrogen) atoms. The molecule has 4 nitrogen and oxygen atoms in total. The Bertz CT molecular complexity index is 742. The van der Waals surface area contributed by atoms with Crippen molar-refractivity contribution in [2.24, 2.45) is 5.92 Å². The van der Waals surface area contributed by atoms with Crippen molar-refractivity contribution in [2.75, 3.05) is 5.32 Å². The van der Waals surface area contributed by atoms with Gasteiger partial charge in [-0.1, -0.05) is 48.0 Å². The Morgan fingerprint density at radius 2 is 1.68 bits per heavy atom. The van der Waals surface area contributed by atoms with E-state index in [-0.39, 0.29) is 17.7 Å². The molecule has 0 aliphatic rings. The fraction of sp³-hybridized carbons (Fsp3) is 0.300. The molecule has 0 aliphatic heterocycles. The Kier molecular flexibility index (Phi) is 6.76. The molecule has 0 fully saturated rings. The second-order valence-electron chi connectivity index (χ2n) is 6.47. The van der Waals surface area contributed by atoms with Crippen LogP contribution in [0.4, 0.5) is 5.69 Å². The second kappa shape index (κ2) is 8.81. The predicted molar refractivity (Wildman–Crippen MR) is 105 cm³/mol. The van der Waals surface area contributed by atoms with Crippen LogP contribution in [0.25, 0.3) is 0 Å². The molecule has 0 radical (unpaired) electrons. The molecule has 0 saturated heterocycles. The number of aryl methyl sites for hydroxylation is 1. The Hall–Kier alpha value is -2.14. The molecule has 132 valence electrons. The van der Waals surface area contributed by atoms with Gasteiger partial charge in [-0.15, -0.1) is 0 Å². The van der Waals surface area contributed by atoms with Crippen molar-refractivity contribution in [1.82, 2.24) is 5.32 Å². The predicted octanol–water partition coefficient (Wildman–Crippen LogP) is 4.54. The summed E-state index contributed by atoms with van der Waals surface area (Å²) in [5, 5.41) is 5.75. The van der Waals surface area contributed by atoms with Crippen LogP contribution in [0.5, 0.6) is 0 Å². The quantitative estimate of drug-likeness (QED) is 0.744. The van der Waals surface area contributed by atoms with Gasteiger partial charge in [-0.3, -0.25) is 9.59 Å². The van der Waals surface area contributed by atoms with E-state index in [9.17, 15) is 9.59 Å². The third kappa shape index (κ3) is 5.71. The smallest absolute Gasteiger partial charge is 0.252 e. The van der Waals surface area contributed by atoms with Crippen LogP contribution < -0.4 is 10.6 Å². The maximum Gasteiger partial charge on any atom is 0.252 e. The fourth-order valence-electron chi connectivity index (χ4n) is 2.53. The first-order chi connectivity index (χ1) is 11.9. The first kappa shape index (κ1) is 19.2. The number of halogens is 1. The minimum atomic E-state index is -0.587. The monoisotopic (exact) mass is 402 g/mol.